The Morgan fingerprint density at radius 1 is 1.30 bits per heavy atom. The Labute approximate surface area is 125 Å². The van der Waals surface area contributed by atoms with Crippen LogP contribution in [-0.2, 0) is 10.2 Å². The zero-order valence-electron chi connectivity index (χ0n) is 11.4. The fourth-order valence-electron chi connectivity index (χ4n) is 2.88. The van der Waals surface area contributed by atoms with Gasteiger partial charge in [-0.2, -0.15) is 0 Å². The average Bonchev–Trinajstić information content (AvgIpc) is 2.92. The number of carboxylic acids is 1. The van der Waals surface area contributed by atoms with Crippen molar-refractivity contribution in [3.8, 4) is 17.2 Å². The van der Waals surface area contributed by atoms with Crippen LogP contribution in [0.2, 0.25) is 0 Å². The Balaban J connectivity index is 2.68. The van der Waals surface area contributed by atoms with E-state index < -0.39 is 11.4 Å². The molecule has 1 fully saturated rings. The molecule has 2 N–H and O–H groups in total. The van der Waals surface area contributed by atoms with Crippen molar-refractivity contribution in [3.05, 3.63) is 16.1 Å². The highest BCUT2D eigenvalue weighted by Gasteiger charge is 2.45. The standard InChI is InChI=1S/C14H17BrO5/c1-19-9-7-8(11(16)10(15)12(9)20-2)14(13(17)18)5-3-4-6-14/h7,16H,3-6H2,1-2H3,(H,17,18). The van der Waals surface area contributed by atoms with Gasteiger partial charge in [-0.15, -0.1) is 0 Å². The van der Waals surface area contributed by atoms with Gasteiger partial charge in [-0.1, -0.05) is 12.8 Å². The van der Waals surface area contributed by atoms with E-state index in [0.29, 0.717) is 34.4 Å². The number of rotatable bonds is 4. The van der Waals surface area contributed by atoms with E-state index >= 15 is 0 Å². The number of hydrogen-bond donors (Lipinski definition) is 2. The van der Waals surface area contributed by atoms with Gasteiger partial charge in [-0.05, 0) is 34.8 Å². The van der Waals surface area contributed by atoms with E-state index in [4.69, 9.17) is 9.47 Å². The molecule has 0 saturated heterocycles. The molecule has 1 saturated carbocycles. The van der Waals surface area contributed by atoms with Crippen molar-refractivity contribution in [1.82, 2.24) is 0 Å². The summed E-state index contributed by atoms with van der Waals surface area (Å²) in [5, 5.41) is 20.0. The highest BCUT2D eigenvalue weighted by atomic mass is 79.9. The van der Waals surface area contributed by atoms with Crippen LogP contribution in [0.3, 0.4) is 0 Å². The Morgan fingerprint density at radius 2 is 1.90 bits per heavy atom. The van der Waals surface area contributed by atoms with E-state index in [2.05, 4.69) is 15.9 Å². The second kappa shape index (κ2) is 5.52. The highest BCUT2D eigenvalue weighted by molar-refractivity contribution is 9.10. The molecule has 0 unspecified atom stereocenters. The molecule has 1 aromatic rings. The van der Waals surface area contributed by atoms with E-state index in [1.54, 1.807) is 6.07 Å². The minimum absolute atomic E-state index is 0.0908. The smallest absolute Gasteiger partial charge is 0.314 e. The molecule has 0 amide bonds. The number of aromatic hydroxyl groups is 1. The first-order valence-electron chi connectivity index (χ1n) is 6.35. The summed E-state index contributed by atoms with van der Waals surface area (Å²) < 4.78 is 10.7. The lowest BCUT2D eigenvalue weighted by molar-refractivity contribution is -0.143. The van der Waals surface area contributed by atoms with Crippen molar-refractivity contribution in [2.75, 3.05) is 14.2 Å². The van der Waals surface area contributed by atoms with Crippen LogP contribution in [0, 0.1) is 0 Å². The van der Waals surface area contributed by atoms with Crippen molar-refractivity contribution < 1.29 is 24.5 Å². The van der Waals surface area contributed by atoms with E-state index in [9.17, 15) is 15.0 Å². The van der Waals surface area contributed by atoms with E-state index in [0.717, 1.165) is 12.8 Å². The Bertz CT molecular complexity index is 535. The molecule has 0 atom stereocenters. The van der Waals surface area contributed by atoms with Gasteiger partial charge in [0, 0.05) is 5.56 Å². The van der Waals surface area contributed by atoms with Crippen LogP contribution in [0.1, 0.15) is 31.2 Å². The van der Waals surface area contributed by atoms with Gasteiger partial charge < -0.3 is 19.7 Å². The maximum atomic E-state index is 11.7. The van der Waals surface area contributed by atoms with Gasteiger partial charge in [0.05, 0.1) is 19.6 Å². The molecule has 2 rings (SSSR count). The molecule has 1 aliphatic rings. The summed E-state index contributed by atoms with van der Waals surface area (Å²) in [6, 6.07) is 1.57. The second-order valence-electron chi connectivity index (χ2n) is 4.92. The molecular weight excluding hydrogens is 328 g/mol. The number of halogens is 1. The van der Waals surface area contributed by atoms with Gasteiger partial charge in [0.2, 0.25) is 0 Å². The van der Waals surface area contributed by atoms with Gasteiger partial charge in [-0.3, -0.25) is 4.79 Å². The van der Waals surface area contributed by atoms with Crippen molar-refractivity contribution in [3.63, 3.8) is 0 Å². The number of ether oxygens (including phenoxy) is 2. The third-order valence-electron chi connectivity index (χ3n) is 3.97. The SMILES string of the molecule is COc1cc(C2(C(=O)O)CCCC2)c(O)c(Br)c1OC. The van der Waals surface area contributed by atoms with Gasteiger partial charge in [0.1, 0.15) is 10.2 Å². The van der Waals surface area contributed by atoms with Crippen LogP contribution >= 0.6 is 15.9 Å². The lowest BCUT2D eigenvalue weighted by Gasteiger charge is -2.27. The first kappa shape index (κ1) is 15.0. The average molecular weight is 345 g/mol. The molecule has 1 aromatic carbocycles. The van der Waals surface area contributed by atoms with Crippen molar-refractivity contribution in [2.24, 2.45) is 0 Å². The number of hydrogen-bond acceptors (Lipinski definition) is 4. The predicted molar refractivity (Wildman–Crippen MR) is 76.7 cm³/mol. The van der Waals surface area contributed by atoms with Crippen molar-refractivity contribution in [2.45, 2.75) is 31.1 Å². The maximum Gasteiger partial charge on any atom is 0.314 e. The Morgan fingerprint density at radius 3 is 2.35 bits per heavy atom. The van der Waals surface area contributed by atoms with Crippen LogP contribution in [-0.4, -0.2) is 30.4 Å². The summed E-state index contributed by atoms with van der Waals surface area (Å²) in [5.41, 5.74) is -0.668. The lowest BCUT2D eigenvalue weighted by Crippen LogP contribution is -2.32. The van der Waals surface area contributed by atoms with E-state index in [1.807, 2.05) is 0 Å². The minimum atomic E-state index is -1.05. The first-order chi connectivity index (χ1) is 9.47. The molecule has 20 heavy (non-hydrogen) atoms. The Hall–Kier alpha value is -1.43. The molecule has 1 aliphatic carbocycles. The van der Waals surface area contributed by atoms with Crippen molar-refractivity contribution >= 4 is 21.9 Å². The van der Waals surface area contributed by atoms with Gasteiger partial charge in [0.15, 0.2) is 11.5 Å². The molecule has 0 aliphatic heterocycles. The molecule has 6 heteroatoms. The number of benzene rings is 1. The van der Waals surface area contributed by atoms with E-state index in [-0.39, 0.29) is 5.75 Å². The quantitative estimate of drug-likeness (QED) is 0.877. The fraction of sp³-hybridized carbons (Fsp3) is 0.500. The zero-order chi connectivity index (χ0) is 14.9. The number of phenols is 1. The highest BCUT2D eigenvalue weighted by Crippen LogP contribution is 2.51. The van der Waals surface area contributed by atoms with E-state index in [1.165, 1.54) is 14.2 Å². The fourth-order valence-corrected chi connectivity index (χ4v) is 3.45. The molecule has 0 heterocycles. The number of carbonyl (C=O) groups is 1. The van der Waals surface area contributed by atoms with Crippen molar-refractivity contribution in [1.29, 1.82) is 0 Å². The summed E-state index contributed by atoms with van der Waals surface area (Å²) in [6.45, 7) is 0. The van der Waals surface area contributed by atoms with Gasteiger partial charge >= 0.3 is 5.97 Å². The maximum absolute atomic E-state index is 11.7. The molecule has 0 radical (unpaired) electrons. The monoisotopic (exact) mass is 344 g/mol. The van der Waals surface area contributed by atoms with Crippen LogP contribution in [0.15, 0.2) is 10.5 Å². The summed E-state index contributed by atoms with van der Waals surface area (Å²) in [4.78, 5) is 11.7. The minimum Gasteiger partial charge on any atom is -0.506 e. The molecule has 0 aromatic heterocycles. The van der Waals surface area contributed by atoms with Crippen LogP contribution in [0.5, 0.6) is 17.2 Å². The number of methoxy groups -OCH3 is 2. The summed E-state index contributed by atoms with van der Waals surface area (Å²) in [6.07, 6.45) is 2.69. The van der Waals surface area contributed by atoms with Crippen LogP contribution < -0.4 is 9.47 Å². The molecule has 5 nitrogen and oxygen atoms in total. The number of aliphatic carboxylic acids is 1. The lowest BCUT2D eigenvalue weighted by atomic mass is 9.78. The second-order valence-corrected chi connectivity index (χ2v) is 5.71. The predicted octanol–water partition coefficient (Wildman–Crippen LogP) is 3.07. The molecular formula is C14H17BrO5. The third-order valence-corrected chi connectivity index (χ3v) is 4.70. The van der Waals surface area contributed by atoms with Crippen LogP contribution in [0.4, 0.5) is 0 Å². The van der Waals surface area contributed by atoms with Gasteiger partial charge in [-0.25, -0.2) is 0 Å². The molecule has 0 spiro atoms. The summed E-state index contributed by atoms with van der Waals surface area (Å²) in [7, 11) is 2.94. The number of carboxylic acid groups (broad SMARTS) is 1. The topological polar surface area (TPSA) is 76.0 Å². The molecule has 110 valence electrons. The first-order valence-corrected chi connectivity index (χ1v) is 7.14. The zero-order valence-corrected chi connectivity index (χ0v) is 13.0. The normalized spacial score (nSPS) is 16.9. The van der Waals surface area contributed by atoms with Gasteiger partial charge in [0.25, 0.3) is 0 Å². The van der Waals surface area contributed by atoms with Crippen LogP contribution in [0.25, 0.3) is 0 Å². The Kier molecular flexibility index (Phi) is 4.13. The molecule has 0 bridgehead atoms. The summed E-state index contributed by atoms with van der Waals surface area (Å²) >= 11 is 3.26. The third kappa shape index (κ3) is 2.12. The largest absolute Gasteiger partial charge is 0.506 e. The number of phenolic OH excluding ortho intramolecular Hbond substituents is 1. The summed E-state index contributed by atoms with van der Waals surface area (Å²) in [5.74, 6) is -0.247.